The predicted molar refractivity (Wildman–Crippen MR) is 251 cm³/mol. The van der Waals surface area contributed by atoms with E-state index in [1.165, 1.54) is 14.2 Å². The van der Waals surface area contributed by atoms with Gasteiger partial charge in [0, 0.05) is 56.2 Å². The van der Waals surface area contributed by atoms with Gasteiger partial charge in [-0.1, -0.05) is 36.1 Å². The van der Waals surface area contributed by atoms with Gasteiger partial charge in [-0.25, -0.2) is 0 Å². The second-order valence-corrected chi connectivity index (χ2v) is 16.2. The number of hydrogen-bond acceptors (Lipinski definition) is 14. The number of carbonyl (C=O) groups is 3. The summed E-state index contributed by atoms with van der Waals surface area (Å²) in [5, 5.41) is 2.82. The molecule has 7 rings (SSSR count). The molecule has 4 heterocycles. The number of nitrogens with zero attached hydrogens (tertiary/aromatic N) is 4. The van der Waals surface area contributed by atoms with Crippen molar-refractivity contribution in [3.8, 4) is 34.8 Å². The van der Waals surface area contributed by atoms with Crippen molar-refractivity contribution in [1.29, 1.82) is 0 Å². The standard InChI is InChI=1S/C50H58N6O11/c1-33-18-38-27-53-42-25-46(44(60-3)23-40(42)49(58)55(38)29-33)66-31-36-20-35(6-5-9-52-48(57)7-10-62-12-14-64-16-17-65-15-13-63-11-8-51)21-37(22-36)32-67-47-26-43-41(24-45(47)61-4)50(59)56-30-34(2)19-39(56)28-54-43/h20-28,38-39H,1-2,7-19,29-32,51H2,3-4H3,(H,52,57). The molecule has 17 heteroatoms. The molecular formula is C50H58N6O11. The molecule has 3 amide bonds. The van der Waals surface area contributed by atoms with Crippen molar-refractivity contribution < 1.29 is 52.3 Å². The molecule has 3 aromatic rings. The van der Waals surface area contributed by atoms with Crippen molar-refractivity contribution in [3.63, 3.8) is 0 Å². The molecule has 3 N–H and O–H groups in total. The lowest BCUT2D eigenvalue weighted by Gasteiger charge is -2.20. The lowest BCUT2D eigenvalue weighted by atomic mass is 10.1. The quantitative estimate of drug-likeness (QED) is 0.0757. The van der Waals surface area contributed by atoms with Crippen molar-refractivity contribution in [2.75, 3.05) is 93.3 Å². The Bertz CT molecular complexity index is 2310. The number of nitrogens with two attached hydrogens (primary N) is 1. The first-order valence-electron chi connectivity index (χ1n) is 22.3. The van der Waals surface area contributed by atoms with Gasteiger partial charge in [0.05, 0.1) is 108 Å². The van der Waals surface area contributed by atoms with E-state index in [1.807, 2.05) is 18.2 Å². The van der Waals surface area contributed by atoms with Crippen LogP contribution in [0.25, 0.3) is 0 Å². The van der Waals surface area contributed by atoms with Crippen LogP contribution >= 0.6 is 0 Å². The van der Waals surface area contributed by atoms with Gasteiger partial charge in [0.15, 0.2) is 23.0 Å². The third-order valence-electron chi connectivity index (χ3n) is 11.2. The number of hydrogen-bond donors (Lipinski definition) is 2. The normalized spacial score (nSPS) is 16.9. The van der Waals surface area contributed by atoms with Gasteiger partial charge in [-0.3, -0.25) is 24.4 Å². The van der Waals surface area contributed by atoms with E-state index in [0.29, 0.717) is 130 Å². The van der Waals surface area contributed by atoms with E-state index in [9.17, 15) is 14.4 Å². The fourth-order valence-electron chi connectivity index (χ4n) is 7.92. The molecule has 17 nitrogen and oxygen atoms in total. The summed E-state index contributed by atoms with van der Waals surface area (Å²) >= 11 is 0. The summed E-state index contributed by atoms with van der Waals surface area (Å²) in [7, 11) is 3.04. The fourth-order valence-corrected chi connectivity index (χ4v) is 7.92. The van der Waals surface area contributed by atoms with E-state index >= 15 is 0 Å². The molecule has 2 saturated heterocycles. The number of carbonyl (C=O) groups excluding carboxylic acids is 3. The molecular weight excluding hydrogens is 861 g/mol. The van der Waals surface area contributed by atoms with Gasteiger partial charge in [0.1, 0.15) is 13.2 Å². The molecule has 67 heavy (non-hydrogen) atoms. The van der Waals surface area contributed by atoms with Gasteiger partial charge in [0.25, 0.3) is 11.8 Å². The second kappa shape index (κ2) is 23.8. The topological polar surface area (TPSA) is 194 Å². The van der Waals surface area contributed by atoms with Crippen LogP contribution < -0.4 is 30.0 Å². The van der Waals surface area contributed by atoms with Gasteiger partial charge in [-0.2, -0.15) is 0 Å². The second-order valence-electron chi connectivity index (χ2n) is 16.2. The Morgan fingerprint density at radius 1 is 0.687 bits per heavy atom. The highest BCUT2D eigenvalue weighted by atomic mass is 16.6. The van der Waals surface area contributed by atoms with Gasteiger partial charge < -0.3 is 58.7 Å². The molecule has 2 unspecified atom stereocenters. The average molecular weight is 919 g/mol. The van der Waals surface area contributed by atoms with Crippen molar-refractivity contribution in [2.45, 2.75) is 44.6 Å². The maximum Gasteiger partial charge on any atom is 0.257 e. The number of aliphatic imine (C=N–C) groups is 2. The monoisotopic (exact) mass is 918 g/mol. The smallest absolute Gasteiger partial charge is 0.257 e. The lowest BCUT2D eigenvalue weighted by molar-refractivity contribution is -0.122. The SMILES string of the molecule is C=C1CC2C=Nc3cc(OCc4cc(C#CCNC(=O)CCOCCOCCOCCOCCN)cc(COc5cc6c(cc5OC)C(=O)N5CC(=C)CC5C=N6)c4)c(OC)cc3C(=O)N2C1. The molecule has 354 valence electrons. The first-order valence-corrected chi connectivity index (χ1v) is 22.3. The highest BCUT2D eigenvalue weighted by Crippen LogP contribution is 2.40. The lowest BCUT2D eigenvalue weighted by Crippen LogP contribution is -2.35. The van der Waals surface area contributed by atoms with Crippen molar-refractivity contribution >= 4 is 41.5 Å². The Morgan fingerprint density at radius 3 is 1.64 bits per heavy atom. The van der Waals surface area contributed by atoms with E-state index in [2.05, 4.69) is 40.3 Å². The number of amides is 3. The number of rotatable bonds is 23. The van der Waals surface area contributed by atoms with E-state index in [-0.39, 0.29) is 62.6 Å². The summed E-state index contributed by atoms with van der Waals surface area (Å²) in [6, 6.07) is 12.2. The van der Waals surface area contributed by atoms with Crippen LogP contribution in [0.4, 0.5) is 11.4 Å². The van der Waals surface area contributed by atoms with Gasteiger partial charge in [-0.05, 0) is 54.3 Å². The summed E-state index contributed by atoms with van der Waals surface area (Å²) in [6.45, 7) is 13.2. The number of fused-ring (bicyclic) bond motifs is 4. The van der Waals surface area contributed by atoms with Crippen LogP contribution in [0.1, 0.15) is 56.7 Å². The summed E-state index contributed by atoms with van der Waals surface area (Å²) in [5.41, 5.74) is 11.3. The minimum atomic E-state index is -0.199. The van der Waals surface area contributed by atoms with Crippen molar-refractivity contribution in [1.82, 2.24) is 15.1 Å². The molecule has 2 fully saturated rings. The first kappa shape index (κ1) is 48.4. The first-order chi connectivity index (χ1) is 32.6. The zero-order valence-corrected chi connectivity index (χ0v) is 38.1. The highest BCUT2D eigenvalue weighted by Gasteiger charge is 2.35. The van der Waals surface area contributed by atoms with Crippen molar-refractivity contribution in [2.24, 2.45) is 15.7 Å². The van der Waals surface area contributed by atoms with Crippen LogP contribution in [0.3, 0.4) is 0 Å². The van der Waals surface area contributed by atoms with E-state index in [0.717, 1.165) is 22.3 Å². The van der Waals surface area contributed by atoms with Gasteiger partial charge in [-0.15, -0.1) is 0 Å². The van der Waals surface area contributed by atoms with Crippen LogP contribution in [0.15, 0.2) is 76.8 Å². The molecule has 0 bridgehead atoms. The molecule has 4 aliphatic heterocycles. The van der Waals surface area contributed by atoms with Crippen LogP contribution in [0.2, 0.25) is 0 Å². The number of methoxy groups -OCH3 is 2. The van der Waals surface area contributed by atoms with E-state index in [4.69, 9.17) is 43.6 Å². The Kier molecular flexibility index (Phi) is 17.2. The third kappa shape index (κ3) is 12.9. The average Bonchev–Trinajstić information content (AvgIpc) is 3.84. The van der Waals surface area contributed by atoms with Gasteiger partial charge in [0.2, 0.25) is 5.91 Å². The summed E-state index contributed by atoms with van der Waals surface area (Å²) < 4.78 is 45.8. The maximum atomic E-state index is 13.5. The summed E-state index contributed by atoms with van der Waals surface area (Å²) in [4.78, 5) is 52.5. The Morgan fingerprint density at radius 2 is 1.16 bits per heavy atom. The number of ether oxygens (including phenoxy) is 8. The van der Waals surface area contributed by atoms with Crippen molar-refractivity contribution in [3.05, 3.63) is 94.6 Å². The largest absolute Gasteiger partial charge is 0.493 e. The molecule has 0 spiro atoms. The molecule has 0 aromatic heterocycles. The molecule has 0 radical (unpaired) electrons. The van der Waals surface area contributed by atoms with Crippen LogP contribution in [-0.2, 0) is 37.0 Å². The molecule has 2 atom stereocenters. The van der Waals surface area contributed by atoms with Crippen LogP contribution in [-0.4, -0.2) is 145 Å². The van der Waals surface area contributed by atoms with E-state index in [1.54, 1.807) is 46.5 Å². The fraction of sp³-hybridized carbons (Fsp3) is 0.420. The maximum absolute atomic E-state index is 13.5. The number of benzene rings is 3. The van der Waals surface area contributed by atoms with Crippen LogP contribution in [0, 0.1) is 11.8 Å². The van der Waals surface area contributed by atoms with Gasteiger partial charge >= 0.3 is 0 Å². The zero-order valence-electron chi connectivity index (χ0n) is 38.1. The number of nitrogens with one attached hydrogen (secondary N) is 1. The van der Waals surface area contributed by atoms with E-state index < -0.39 is 0 Å². The molecule has 3 aromatic carbocycles. The Balaban J connectivity index is 0.998. The Hall–Kier alpha value is -6.55. The zero-order chi connectivity index (χ0) is 47.1. The highest BCUT2D eigenvalue weighted by molar-refractivity contribution is 6.04. The van der Waals surface area contributed by atoms with Crippen LogP contribution in [0.5, 0.6) is 23.0 Å². The molecule has 0 aliphatic carbocycles. The minimum absolute atomic E-state index is 0.105. The predicted octanol–water partition coefficient (Wildman–Crippen LogP) is 4.72. The summed E-state index contributed by atoms with van der Waals surface area (Å²) in [5.74, 6) is 7.31. The molecule has 4 aliphatic rings. The minimum Gasteiger partial charge on any atom is -0.493 e. The molecule has 0 saturated carbocycles. The Labute approximate surface area is 390 Å². The summed E-state index contributed by atoms with van der Waals surface area (Å²) in [6.07, 6.45) is 5.08. The third-order valence-corrected chi connectivity index (χ3v) is 11.2.